The fourth-order valence-electron chi connectivity index (χ4n) is 2.14. The molecule has 0 spiro atoms. The second-order valence-electron chi connectivity index (χ2n) is 4.76. The molecule has 1 aliphatic rings. The van der Waals surface area contributed by atoms with Crippen LogP contribution in [-0.4, -0.2) is 48.5 Å². The quantitative estimate of drug-likeness (QED) is 0.858. The van der Waals surface area contributed by atoms with Crippen LogP contribution in [0.25, 0.3) is 0 Å². The molecule has 2 heterocycles. The molecule has 0 saturated carbocycles. The Balaban J connectivity index is 1.79. The summed E-state index contributed by atoms with van der Waals surface area (Å²) in [6, 6.07) is 0.461. The Hall–Kier alpha value is -0.980. The Morgan fingerprint density at radius 1 is 1.72 bits per heavy atom. The second kappa shape index (κ2) is 6.26. The van der Waals surface area contributed by atoms with Gasteiger partial charge in [0.2, 0.25) is 5.91 Å². The number of hydrogen-bond donors (Lipinski definition) is 2. The summed E-state index contributed by atoms with van der Waals surface area (Å²) in [5.74, 6) is 0.0115. The van der Waals surface area contributed by atoms with Gasteiger partial charge >= 0.3 is 0 Å². The summed E-state index contributed by atoms with van der Waals surface area (Å²) in [6.07, 6.45) is 2.34. The van der Waals surface area contributed by atoms with Gasteiger partial charge in [0.15, 0.2) is 5.13 Å². The van der Waals surface area contributed by atoms with Crippen LogP contribution in [0.5, 0.6) is 0 Å². The lowest BCUT2D eigenvalue weighted by atomic mass is 10.1. The minimum atomic E-state index is 0.0115. The van der Waals surface area contributed by atoms with Gasteiger partial charge in [0.05, 0.1) is 12.2 Å². The number of rotatable bonds is 4. The summed E-state index contributed by atoms with van der Waals surface area (Å²) in [7, 11) is 2.00. The van der Waals surface area contributed by atoms with E-state index in [1.807, 2.05) is 19.4 Å². The molecule has 1 fully saturated rings. The first kappa shape index (κ1) is 13.5. The van der Waals surface area contributed by atoms with Crippen molar-refractivity contribution < 1.29 is 4.79 Å². The molecule has 18 heavy (non-hydrogen) atoms. The molecule has 0 aliphatic carbocycles. The lowest BCUT2D eigenvalue weighted by Gasteiger charge is -2.31. The van der Waals surface area contributed by atoms with Gasteiger partial charge in [0.25, 0.3) is 0 Å². The first-order valence-electron chi connectivity index (χ1n) is 6.28. The van der Waals surface area contributed by atoms with Crippen LogP contribution >= 0.6 is 11.3 Å². The minimum Gasteiger partial charge on any atom is -0.315 e. The van der Waals surface area contributed by atoms with E-state index < -0.39 is 0 Å². The Morgan fingerprint density at radius 2 is 2.56 bits per heavy atom. The summed E-state index contributed by atoms with van der Waals surface area (Å²) in [5.41, 5.74) is 0.945. The third-order valence-electron chi connectivity index (χ3n) is 3.15. The molecule has 0 aromatic carbocycles. The van der Waals surface area contributed by atoms with Crippen LogP contribution < -0.4 is 10.6 Å². The first-order chi connectivity index (χ1) is 8.65. The summed E-state index contributed by atoms with van der Waals surface area (Å²) in [6.45, 7) is 4.41. The third kappa shape index (κ3) is 3.76. The third-order valence-corrected chi connectivity index (χ3v) is 4.03. The molecule has 0 radical (unpaired) electrons. The number of likely N-dealkylation sites (N-methyl/N-ethyl adjacent to an activating group) is 1. The van der Waals surface area contributed by atoms with Crippen molar-refractivity contribution >= 4 is 22.4 Å². The van der Waals surface area contributed by atoms with Crippen LogP contribution in [0.15, 0.2) is 5.38 Å². The highest BCUT2D eigenvalue weighted by Gasteiger charge is 2.19. The van der Waals surface area contributed by atoms with Crippen molar-refractivity contribution in [3.05, 3.63) is 11.1 Å². The lowest BCUT2D eigenvalue weighted by molar-refractivity contribution is -0.117. The number of piperidine rings is 1. The number of amides is 1. The molecule has 2 N–H and O–H groups in total. The van der Waals surface area contributed by atoms with Crippen molar-refractivity contribution in [2.75, 3.05) is 32.0 Å². The van der Waals surface area contributed by atoms with Gasteiger partial charge in [-0.05, 0) is 33.4 Å². The zero-order valence-electron chi connectivity index (χ0n) is 10.9. The van der Waals surface area contributed by atoms with Gasteiger partial charge in [-0.25, -0.2) is 4.98 Å². The highest BCUT2D eigenvalue weighted by molar-refractivity contribution is 7.13. The molecular weight excluding hydrogens is 248 g/mol. The molecule has 2 rings (SSSR count). The minimum absolute atomic E-state index is 0.0115. The largest absolute Gasteiger partial charge is 0.315 e. The zero-order valence-corrected chi connectivity index (χ0v) is 11.7. The molecule has 1 amide bonds. The number of thiazole rings is 1. The molecule has 1 unspecified atom stereocenters. The molecule has 1 saturated heterocycles. The SMILES string of the molecule is Cc1csc(NC(=O)CN(C)C2CCCNC2)n1. The van der Waals surface area contributed by atoms with Crippen molar-refractivity contribution in [1.29, 1.82) is 0 Å². The zero-order chi connectivity index (χ0) is 13.0. The fourth-order valence-corrected chi connectivity index (χ4v) is 2.84. The summed E-state index contributed by atoms with van der Waals surface area (Å²) < 4.78 is 0. The van der Waals surface area contributed by atoms with Crippen LogP contribution in [0, 0.1) is 6.92 Å². The number of carbonyl (C=O) groups is 1. The van der Waals surface area contributed by atoms with E-state index in [0.717, 1.165) is 25.2 Å². The normalized spacial score (nSPS) is 20.1. The number of aryl methyl sites for hydroxylation is 1. The molecule has 100 valence electrons. The number of hydrogen-bond acceptors (Lipinski definition) is 5. The number of aromatic nitrogens is 1. The lowest BCUT2D eigenvalue weighted by Crippen LogP contribution is -2.46. The van der Waals surface area contributed by atoms with Gasteiger partial charge in [-0.15, -0.1) is 11.3 Å². The Bertz CT molecular complexity index is 401. The molecule has 1 atom stereocenters. The molecule has 5 nitrogen and oxygen atoms in total. The maximum Gasteiger partial charge on any atom is 0.240 e. The van der Waals surface area contributed by atoms with Crippen molar-refractivity contribution in [2.45, 2.75) is 25.8 Å². The average Bonchev–Trinajstić information content (AvgIpc) is 2.75. The average molecular weight is 268 g/mol. The molecular formula is C12H20N4OS. The van der Waals surface area contributed by atoms with Crippen molar-refractivity contribution in [2.24, 2.45) is 0 Å². The van der Waals surface area contributed by atoms with E-state index in [2.05, 4.69) is 20.5 Å². The Kier molecular flexibility index (Phi) is 4.68. The molecule has 0 bridgehead atoms. The number of carbonyl (C=O) groups excluding carboxylic acids is 1. The number of anilines is 1. The highest BCUT2D eigenvalue weighted by Crippen LogP contribution is 2.14. The van der Waals surface area contributed by atoms with Gasteiger partial charge in [0.1, 0.15) is 0 Å². The Labute approximate surface area is 112 Å². The summed E-state index contributed by atoms with van der Waals surface area (Å²) in [5, 5.41) is 8.82. The molecule has 1 aromatic heterocycles. The summed E-state index contributed by atoms with van der Waals surface area (Å²) in [4.78, 5) is 18.2. The van der Waals surface area contributed by atoms with Crippen molar-refractivity contribution in [1.82, 2.24) is 15.2 Å². The predicted molar refractivity (Wildman–Crippen MR) is 74.0 cm³/mol. The smallest absolute Gasteiger partial charge is 0.240 e. The van der Waals surface area contributed by atoms with Gasteiger partial charge in [-0.3, -0.25) is 9.69 Å². The topological polar surface area (TPSA) is 57.3 Å². The van der Waals surface area contributed by atoms with E-state index in [4.69, 9.17) is 0 Å². The Morgan fingerprint density at radius 3 is 3.17 bits per heavy atom. The van der Waals surface area contributed by atoms with Crippen molar-refractivity contribution in [3.8, 4) is 0 Å². The van der Waals surface area contributed by atoms with E-state index in [1.165, 1.54) is 17.8 Å². The van der Waals surface area contributed by atoms with Gasteiger partial charge in [0, 0.05) is 18.0 Å². The highest BCUT2D eigenvalue weighted by atomic mass is 32.1. The fraction of sp³-hybridized carbons (Fsp3) is 0.667. The van der Waals surface area contributed by atoms with Gasteiger partial charge in [-0.2, -0.15) is 0 Å². The first-order valence-corrected chi connectivity index (χ1v) is 7.16. The second-order valence-corrected chi connectivity index (χ2v) is 5.62. The van der Waals surface area contributed by atoms with Crippen LogP contribution in [0.2, 0.25) is 0 Å². The van der Waals surface area contributed by atoms with Crippen molar-refractivity contribution in [3.63, 3.8) is 0 Å². The summed E-state index contributed by atoms with van der Waals surface area (Å²) >= 11 is 1.47. The molecule has 1 aliphatic heterocycles. The van der Waals surface area contributed by atoms with Crippen LogP contribution in [0.3, 0.4) is 0 Å². The van der Waals surface area contributed by atoms with Crippen LogP contribution in [-0.2, 0) is 4.79 Å². The van der Waals surface area contributed by atoms with E-state index in [-0.39, 0.29) is 5.91 Å². The molecule has 1 aromatic rings. The van der Waals surface area contributed by atoms with Crippen LogP contribution in [0.1, 0.15) is 18.5 Å². The van der Waals surface area contributed by atoms with Crippen LogP contribution in [0.4, 0.5) is 5.13 Å². The maximum absolute atomic E-state index is 11.9. The number of nitrogens with one attached hydrogen (secondary N) is 2. The van der Waals surface area contributed by atoms with E-state index >= 15 is 0 Å². The van der Waals surface area contributed by atoms with E-state index in [1.54, 1.807) is 0 Å². The van der Waals surface area contributed by atoms with E-state index in [0.29, 0.717) is 17.7 Å². The van der Waals surface area contributed by atoms with E-state index in [9.17, 15) is 4.79 Å². The van der Waals surface area contributed by atoms with Gasteiger partial charge in [-0.1, -0.05) is 0 Å². The number of nitrogens with zero attached hydrogens (tertiary/aromatic N) is 2. The maximum atomic E-state index is 11.9. The standard InChI is InChI=1S/C12H20N4OS/c1-9-8-18-12(14-9)15-11(17)7-16(2)10-4-3-5-13-6-10/h8,10,13H,3-7H2,1-2H3,(H,14,15,17). The predicted octanol–water partition coefficient (Wildman–Crippen LogP) is 1.07. The van der Waals surface area contributed by atoms with Gasteiger partial charge < -0.3 is 10.6 Å². The molecule has 6 heteroatoms. The monoisotopic (exact) mass is 268 g/mol.